The Bertz CT molecular complexity index is 593. The molecule has 0 aromatic carbocycles. The fraction of sp³-hybridized carbons (Fsp3) is 0.615. The smallest absolute Gasteiger partial charge is 0.326 e. The predicted molar refractivity (Wildman–Crippen MR) is 75.0 cm³/mol. The molecule has 1 aromatic rings. The lowest BCUT2D eigenvalue weighted by molar-refractivity contribution is -0.142. The number of amides is 2. The van der Waals surface area contributed by atoms with Crippen molar-refractivity contribution < 1.29 is 19.5 Å². The van der Waals surface area contributed by atoms with Crippen molar-refractivity contribution in [1.82, 2.24) is 24.8 Å². The summed E-state index contributed by atoms with van der Waals surface area (Å²) in [7, 11) is 3.24. The Kier molecular flexibility index (Phi) is 4.43. The number of hydrogen-bond donors (Lipinski definition) is 1. The van der Waals surface area contributed by atoms with E-state index >= 15 is 0 Å². The minimum Gasteiger partial charge on any atom is -0.480 e. The normalized spacial score (nSPS) is 15.2. The highest BCUT2D eigenvalue weighted by Gasteiger charge is 2.39. The van der Waals surface area contributed by atoms with Crippen LogP contribution in [0.5, 0.6) is 0 Å². The Morgan fingerprint density at radius 2 is 2.05 bits per heavy atom. The molecule has 2 rings (SSSR count). The third kappa shape index (κ3) is 3.41. The molecule has 1 fully saturated rings. The molecule has 1 saturated carbocycles. The highest BCUT2D eigenvalue weighted by atomic mass is 16.4. The van der Waals surface area contributed by atoms with Crippen molar-refractivity contribution in [1.29, 1.82) is 0 Å². The lowest BCUT2D eigenvalue weighted by atomic mass is 10.2. The van der Waals surface area contributed by atoms with Gasteiger partial charge in [0.1, 0.15) is 12.6 Å². The first-order valence-corrected chi connectivity index (χ1v) is 6.97. The molecule has 1 N–H and O–H groups in total. The van der Waals surface area contributed by atoms with Gasteiger partial charge in [-0.2, -0.15) is 0 Å². The largest absolute Gasteiger partial charge is 0.480 e. The van der Waals surface area contributed by atoms with Crippen LogP contribution in [0, 0.1) is 0 Å². The van der Waals surface area contributed by atoms with Crippen molar-refractivity contribution in [3.8, 4) is 0 Å². The van der Waals surface area contributed by atoms with Crippen molar-refractivity contribution in [2.24, 2.45) is 0 Å². The van der Waals surface area contributed by atoms with E-state index in [0.29, 0.717) is 0 Å². The van der Waals surface area contributed by atoms with E-state index in [1.807, 2.05) is 0 Å². The maximum absolute atomic E-state index is 12.5. The number of nitrogens with zero attached hydrogens (tertiary/aromatic N) is 5. The van der Waals surface area contributed by atoms with Crippen molar-refractivity contribution in [3.63, 3.8) is 0 Å². The van der Waals surface area contributed by atoms with E-state index in [0.717, 1.165) is 12.8 Å². The Balaban J connectivity index is 2.13. The van der Waals surface area contributed by atoms with E-state index in [-0.39, 0.29) is 24.2 Å². The molecule has 1 heterocycles. The molecule has 0 spiro atoms. The van der Waals surface area contributed by atoms with Crippen LogP contribution in [0.15, 0.2) is 6.20 Å². The molecule has 1 aliphatic rings. The van der Waals surface area contributed by atoms with Crippen LogP contribution in [0.4, 0.5) is 0 Å². The van der Waals surface area contributed by atoms with Crippen LogP contribution in [0.2, 0.25) is 0 Å². The fourth-order valence-corrected chi connectivity index (χ4v) is 2.02. The van der Waals surface area contributed by atoms with E-state index in [1.54, 1.807) is 14.1 Å². The van der Waals surface area contributed by atoms with Crippen LogP contribution in [-0.4, -0.2) is 73.9 Å². The third-order valence-electron chi connectivity index (χ3n) is 3.50. The lowest BCUT2D eigenvalue weighted by Crippen LogP contribution is -2.44. The number of aromatic nitrogens is 3. The Morgan fingerprint density at radius 1 is 1.41 bits per heavy atom. The summed E-state index contributed by atoms with van der Waals surface area (Å²) in [6.45, 7) is 1.45. The molecule has 0 aliphatic heterocycles. The lowest BCUT2D eigenvalue weighted by Gasteiger charge is -2.25. The molecule has 1 atom stereocenters. The van der Waals surface area contributed by atoms with Crippen LogP contribution >= 0.6 is 0 Å². The third-order valence-corrected chi connectivity index (χ3v) is 3.50. The van der Waals surface area contributed by atoms with E-state index in [4.69, 9.17) is 5.11 Å². The zero-order chi connectivity index (χ0) is 16.4. The molecule has 0 radical (unpaired) electrons. The molecule has 1 aliphatic carbocycles. The number of carboxylic acids is 1. The van der Waals surface area contributed by atoms with Gasteiger partial charge < -0.3 is 14.9 Å². The average molecular weight is 309 g/mol. The quantitative estimate of drug-likeness (QED) is 0.755. The van der Waals surface area contributed by atoms with E-state index < -0.39 is 17.9 Å². The molecule has 1 aromatic heterocycles. The summed E-state index contributed by atoms with van der Waals surface area (Å²) in [5.41, 5.74) is 0.0477. The van der Waals surface area contributed by atoms with Gasteiger partial charge in [0.05, 0.1) is 6.20 Å². The topological polar surface area (TPSA) is 109 Å². The molecule has 9 nitrogen and oxygen atoms in total. The highest BCUT2D eigenvalue weighted by Crippen LogP contribution is 2.29. The van der Waals surface area contributed by atoms with Crippen LogP contribution in [0.25, 0.3) is 0 Å². The first kappa shape index (κ1) is 15.9. The Morgan fingerprint density at radius 3 is 2.55 bits per heavy atom. The summed E-state index contributed by atoms with van der Waals surface area (Å²) in [4.78, 5) is 37.9. The number of aliphatic carboxylic acids is 1. The maximum Gasteiger partial charge on any atom is 0.326 e. The van der Waals surface area contributed by atoms with E-state index in [9.17, 15) is 14.4 Å². The van der Waals surface area contributed by atoms with Crippen molar-refractivity contribution in [3.05, 3.63) is 11.9 Å². The molecule has 22 heavy (non-hydrogen) atoms. The molecule has 2 amide bonds. The Labute approximate surface area is 127 Å². The first-order chi connectivity index (χ1) is 10.3. The van der Waals surface area contributed by atoms with Gasteiger partial charge >= 0.3 is 5.97 Å². The standard InChI is InChI=1S/C13H19N5O4/c1-8(13(21)22)18(9-4-5-9)12(20)10-6-17(15-14-10)7-11(19)16(2)3/h6,8-9H,4-5,7H2,1-3H3,(H,21,22). The molecule has 0 saturated heterocycles. The SMILES string of the molecule is CC(C(=O)O)N(C(=O)c1cn(CC(=O)N(C)C)nn1)C1CC1. The van der Waals surface area contributed by atoms with Crippen molar-refractivity contribution in [2.75, 3.05) is 14.1 Å². The number of rotatable bonds is 6. The van der Waals surface area contributed by atoms with Gasteiger partial charge in [-0.05, 0) is 19.8 Å². The summed E-state index contributed by atoms with van der Waals surface area (Å²) < 4.78 is 1.27. The molecule has 120 valence electrons. The van der Waals surface area contributed by atoms with E-state index in [1.165, 1.54) is 27.6 Å². The molecular weight excluding hydrogens is 290 g/mol. The van der Waals surface area contributed by atoms with Gasteiger partial charge in [0.15, 0.2) is 5.69 Å². The van der Waals surface area contributed by atoms with Gasteiger partial charge in [-0.25, -0.2) is 9.48 Å². The van der Waals surface area contributed by atoms with Crippen LogP contribution in [0.3, 0.4) is 0 Å². The molecule has 9 heteroatoms. The molecule has 0 bridgehead atoms. The van der Waals surface area contributed by atoms with Gasteiger partial charge in [0.25, 0.3) is 5.91 Å². The fourth-order valence-electron chi connectivity index (χ4n) is 2.02. The Hall–Kier alpha value is -2.45. The van der Waals surface area contributed by atoms with Gasteiger partial charge in [-0.15, -0.1) is 5.10 Å². The maximum atomic E-state index is 12.5. The number of likely N-dealkylation sites (N-methyl/N-ethyl adjacent to an activating group) is 1. The zero-order valence-electron chi connectivity index (χ0n) is 12.8. The number of hydrogen-bond acceptors (Lipinski definition) is 5. The zero-order valence-corrected chi connectivity index (χ0v) is 12.8. The minimum absolute atomic E-state index is 0.0226. The molecule has 1 unspecified atom stereocenters. The first-order valence-electron chi connectivity index (χ1n) is 6.97. The monoisotopic (exact) mass is 309 g/mol. The second-order valence-corrected chi connectivity index (χ2v) is 5.55. The van der Waals surface area contributed by atoms with Gasteiger partial charge in [0.2, 0.25) is 5.91 Å². The van der Waals surface area contributed by atoms with Crippen molar-refractivity contribution in [2.45, 2.75) is 38.4 Å². The summed E-state index contributed by atoms with van der Waals surface area (Å²) in [5.74, 6) is -1.71. The highest BCUT2D eigenvalue weighted by molar-refractivity contribution is 5.95. The van der Waals surface area contributed by atoms with Gasteiger partial charge in [-0.1, -0.05) is 5.21 Å². The second-order valence-electron chi connectivity index (χ2n) is 5.55. The molecular formula is C13H19N5O4. The predicted octanol–water partition coefficient (Wildman–Crippen LogP) is -0.556. The van der Waals surface area contributed by atoms with Crippen LogP contribution in [0.1, 0.15) is 30.3 Å². The van der Waals surface area contributed by atoms with Gasteiger partial charge in [0, 0.05) is 20.1 Å². The summed E-state index contributed by atoms with van der Waals surface area (Å²) in [6, 6.07) is -0.985. The number of carbonyl (C=O) groups excluding carboxylic acids is 2. The van der Waals surface area contributed by atoms with Crippen LogP contribution < -0.4 is 0 Å². The second kappa shape index (κ2) is 6.12. The van der Waals surface area contributed by atoms with Gasteiger partial charge in [-0.3, -0.25) is 9.59 Å². The van der Waals surface area contributed by atoms with E-state index in [2.05, 4.69) is 10.3 Å². The van der Waals surface area contributed by atoms with Crippen LogP contribution in [-0.2, 0) is 16.1 Å². The summed E-state index contributed by atoms with van der Waals surface area (Å²) in [5, 5.41) is 16.6. The van der Waals surface area contributed by atoms with Crippen molar-refractivity contribution >= 4 is 17.8 Å². The summed E-state index contributed by atoms with van der Waals surface area (Å²) in [6.07, 6.45) is 2.95. The minimum atomic E-state index is -1.06. The number of carbonyl (C=O) groups is 3. The number of carboxylic acid groups (broad SMARTS) is 1. The summed E-state index contributed by atoms with van der Waals surface area (Å²) >= 11 is 0. The average Bonchev–Trinajstić information content (AvgIpc) is 3.17.